The van der Waals surface area contributed by atoms with E-state index in [-0.39, 0.29) is 84.8 Å². The van der Waals surface area contributed by atoms with Gasteiger partial charge in [0, 0.05) is 11.9 Å². The van der Waals surface area contributed by atoms with Gasteiger partial charge in [-0.2, -0.15) is 0 Å². The maximum atomic E-state index is 11.1. The fourth-order valence-electron chi connectivity index (χ4n) is 2.77. The summed E-state index contributed by atoms with van der Waals surface area (Å²) in [5.41, 5.74) is 0. The third-order valence-corrected chi connectivity index (χ3v) is 5.11. The van der Waals surface area contributed by atoms with Crippen molar-refractivity contribution in [3.63, 3.8) is 0 Å². The molecule has 0 fully saturated rings. The van der Waals surface area contributed by atoms with Crippen molar-refractivity contribution in [3.8, 4) is 0 Å². The largest absolute Gasteiger partial charge is 1.00 e. The molecule has 0 aliphatic carbocycles. The summed E-state index contributed by atoms with van der Waals surface area (Å²) in [4.78, 5) is 42.5. The molecule has 0 saturated heterocycles. The number of carbonyl (C=O) groups is 4. The Morgan fingerprint density at radius 2 is 0.941 bits per heavy atom. The molecular weight excluding hydrogens is 462 g/mol. The third kappa shape index (κ3) is 29.9. The minimum absolute atomic E-state index is 0. The summed E-state index contributed by atoms with van der Waals surface area (Å²) in [6.45, 7) is 9.19. The Bertz CT molecular complexity index is 483. The summed E-state index contributed by atoms with van der Waals surface area (Å²) >= 11 is 0. The summed E-state index contributed by atoms with van der Waals surface area (Å²) in [5, 5.41) is 20.2. The second kappa shape index (κ2) is 29.1. The first-order chi connectivity index (χ1) is 15.2. The minimum Gasteiger partial charge on any atom is -0.550 e. The number of carboxylic acid groups (broad SMARTS) is 2. The molecule has 0 amide bonds. The summed E-state index contributed by atoms with van der Waals surface area (Å²) in [6.07, 6.45) is 7.91. The summed E-state index contributed by atoms with van der Waals surface area (Å²) in [7, 11) is 0. The van der Waals surface area contributed by atoms with Crippen LogP contribution in [0, 0.1) is 11.8 Å². The number of carbonyl (C=O) groups excluding carboxylic acids is 4. The van der Waals surface area contributed by atoms with Gasteiger partial charge in [0.05, 0.1) is 26.1 Å². The van der Waals surface area contributed by atoms with Crippen LogP contribution in [0.5, 0.6) is 0 Å². The Kier molecular flexibility index (Phi) is 35.1. The van der Waals surface area contributed by atoms with Gasteiger partial charge in [0.1, 0.15) is 0 Å². The Labute approximate surface area is 249 Å². The van der Waals surface area contributed by atoms with Gasteiger partial charge < -0.3 is 29.3 Å². The van der Waals surface area contributed by atoms with Crippen molar-refractivity contribution in [2.45, 2.75) is 105 Å². The molecule has 0 rings (SSSR count). The van der Waals surface area contributed by atoms with Crippen molar-refractivity contribution < 1.29 is 98.0 Å². The first kappa shape index (κ1) is 41.0. The Morgan fingerprint density at radius 3 is 1.18 bits per heavy atom. The zero-order chi connectivity index (χ0) is 24.8. The van der Waals surface area contributed by atoms with E-state index in [4.69, 9.17) is 9.47 Å². The van der Waals surface area contributed by atoms with Crippen molar-refractivity contribution in [2.75, 3.05) is 13.2 Å². The van der Waals surface area contributed by atoms with Crippen molar-refractivity contribution in [2.24, 2.45) is 11.8 Å². The molecule has 8 nitrogen and oxygen atoms in total. The van der Waals surface area contributed by atoms with Gasteiger partial charge >= 0.3 is 71.1 Å². The van der Waals surface area contributed by atoms with Gasteiger partial charge in [-0.15, -0.1) is 0 Å². The number of aliphatic carboxylic acids is 2. The molecule has 0 radical (unpaired) electrons. The van der Waals surface area contributed by atoms with Gasteiger partial charge in [0.15, 0.2) is 0 Å². The SMILES string of the molecule is CCCCC(CC)COC(=O)CCC(=O)[O-].CCCCC(CC)COC(=O)CCC(=O)[O-].[Na+].[Na+]. The van der Waals surface area contributed by atoms with E-state index < -0.39 is 23.9 Å². The van der Waals surface area contributed by atoms with Crippen LogP contribution in [0.2, 0.25) is 0 Å². The van der Waals surface area contributed by atoms with Crippen LogP contribution in [0.4, 0.5) is 0 Å². The van der Waals surface area contributed by atoms with E-state index in [1.807, 2.05) is 0 Å². The second-order valence-electron chi connectivity index (χ2n) is 7.94. The van der Waals surface area contributed by atoms with Crippen molar-refractivity contribution in [3.05, 3.63) is 0 Å². The predicted molar refractivity (Wildman–Crippen MR) is 117 cm³/mol. The van der Waals surface area contributed by atoms with E-state index in [1.54, 1.807) is 0 Å². The monoisotopic (exact) mass is 504 g/mol. The van der Waals surface area contributed by atoms with E-state index >= 15 is 0 Å². The minimum atomic E-state index is -1.21. The van der Waals surface area contributed by atoms with Gasteiger partial charge in [0.2, 0.25) is 0 Å². The quantitative estimate of drug-likeness (QED) is 0.139. The van der Waals surface area contributed by atoms with E-state index in [9.17, 15) is 29.4 Å². The number of unbranched alkanes of at least 4 members (excludes halogenated alkanes) is 2. The number of hydrogen-bond donors (Lipinski definition) is 0. The van der Waals surface area contributed by atoms with Crippen LogP contribution in [-0.4, -0.2) is 37.1 Å². The maximum Gasteiger partial charge on any atom is 1.00 e. The van der Waals surface area contributed by atoms with Crippen LogP contribution < -0.4 is 69.3 Å². The first-order valence-corrected chi connectivity index (χ1v) is 11.9. The van der Waals surface area contributed by atoms with Crippen molar-refractivity contribution in [1.29, 1.82) is 0 Å². The maximum absolute atomic E-state index is 11.1. The van der Waals surface area contributed by atoms with E-state index in [1.165, 1.54) is 0 Å². The molecule has 34 heavy (non-hydrogen) atoms. The van der Waals surface area contributed by atoms with Crippen LogP contribution in [-0.2, 0) is 28.7 Å². The van der Waals surface area contributed by atoms with Gasteiger partial charge in [0.25, 0.3) is 0 Å². The molecule has 0 spiro atoms. The van der Waals surface area contributed by atoms with Crippen molar-refractivity contribution in [1.82, 2.24) is 0 Å². The average Bonchev–Trinajstić information content (AvgIpc) is 2.76. The molecule has 188 valence electrons. The second-order valence-corrected chi connectivity index (χ2v) is 7.94. The van der Waals surface area contributed by atoms with E-state index in [0.29, 0.717) is 25.0 Å². The predicted octanol–water partition coefficient (Wildman–Crippen LogP) is -3.44. The fraction of sp³-hybridized carbons (Fsp3) is 0.833. The standard InChI is InChI=1S/2C12H22O4.2Na/c2*1-3-5-6-10(4-2)9-16-12(15)8-7-11(13)14;;/h2*10H,3-9H2,1-2H3,(H,13,14);;/q;;2*+1/p-2. The first-order valence-electron chi connectivity index (χ1n) is 11.9. The fourth-order valence-corrected chi connectivity index (χ4v) is 2.77. The van der Waals surface area contributed by atoms with E-state index in [2.05, 4.69) is 27.7 Å². The number of hydrogen-bond acceptors (Lipinski definition) is 8. The van der Waals surface area contributed by atoms with Crippen LogP contribution >= 0.6 is 0 Å². The molecule has 0 aromatic carbocycles. The molecule has 0 N–H and O–H groups in total. The molecular formula is C24H42Na2O8. The zero-order valence-electron chi connectivity index (χ0n) is 22.3. The average molecular weight is 505 g/mol. The Hall–Kier alpha value is -0.120. The van der Waals surface area contributed by atoms with Crippen molar-refractivity contribution >= 4 is 23.9 Å². The normalized spacial score (nSPS) is 11.4. The number of ether oxygens (including phenoxy) is 2. The van der Waals surface area contributed by atoms with Gasteiger partial charge in [-0.25, -0.2) is 0 Å². The summed E-state index contributed by atoms with van der Waals surface area (Å²) in [6, 6.07) is 0. The molecule has 0 heterocycles. The summed E-state index contributed by atoms with van der Waals surface area (Å²) in [5.74, 6) is -2.53. The molecule has 0 aromatic rings. The number of rotatable bonds is 18. The van der Waals surface area contributed by atoms with Crippen LogP contribution in [0.15, 0.2) is 0 Å². The van der Waals surface area contributed by atoms with Gasteiger partial charge in [-0.3, -0.25) is 9.59 Å². The summed E-state index contributed by atoms with van der Waals surface area (Å²) < 4.78 is 10.0. The Balaban J connectivity index is -0.000000250. The van der Waals surface area contributed by atoms with E-state index in [0.717, 1.165) is 51.4 Å². The number of carboxylic acids is 2. The molecule has 0 aliphatic rings. The van der Waals surface area contributed by atoms with Crippen LogP contribution in [0.1, 0.15) is 105 Å². The van der Waals surface area contributed by atoms with Gasteiger partial charge in [-0.1, -0.05) is 66.2 Å². The zero-order valence-corrected chi connectivity index (χ0v) is 26.3. The van der Waals surface area contributed by atoms with Gasteiger partial charge in [-0.05, 0) is 37.5 Å². The Morgan fingerprint density at radius 1 is 0.618 bits per heavy atom. The molecule has 0 bridgehead atoms. The molecule has 10 heteroatoms. The molecule has 0 saturated carbocycles. The molecule has 0 aromatic heterocycles. The number of esters is 2. The topological polar surface area (TPSA) is 133 Å². The smallest absolute Gasteiger partial charge is 0.550 e. The molecule has 2 unspecified atom stereocenters. The van der Waals surface area contributed by atoms with Crippen LogP contribution in [0.25, 0.3) is 0 Å². The van der Waals surface area contributed by atoms with Crippen LogP contribution in [0.3, 0.4) is 0 Å². The molecule has 2 atom stereocenters. The molecule has 0 aliphatic heterocycles. The third-order valence-electron chi connectivity index (χ3n) is 5.11.